The first-order chi connectivity index (χ1) is 6.08. The van der Waals surface area contributed by atoms with Gasteiger partial charge < -0.3 is 9.52 Å². The van der Waals surface area contributed by atoms with Crippen molar-refractivity contribution >= 4 is 5.78 Å². The molecule has 0 aliphatic heterocycles. The molecule has 0 aliphatic rings. The van der Waals surface area contributed by atoms with Crippen molar-refractivity contribution < 1.29 is 14.3 Å². The molecule has 4 heteroatoms. The van der Waals surface area contributed by atoms with Crippen LogP contribution in [0.5, 0.6) is 0 Å². The molecule has 1 aromatic heterocycles. The number of hydrogen-bond donors (Lipinski definition) is 1. The lowest BCUT2D eigenvalue weighted by Gasteiger charge is -2.14. The van der Waals surface area contributed by atoms with Crippen molar-refractivity contribution in [3.05, 3.63) is 24.2 Å². The van der Waals surface area contributed by atoms with Crippen molar-refractivity contribution in [1.29, 1.82) is 5.26 Å². The van der Waals surface area contributed by atoms with E-state index in [-0.39, 0.29) is 18.0 Å². The first-order valence-corrected chi connectivity index (χ1v) is 3.75. The van der Waals surface area contributed by atoms with Crippen LogP contribution >= 0.6 is 0 Å². The number of carbonyl (C=O) groups excluding carboxylic acids is 1. The van der Waals surface area contributed by atoms with E-state index in [4.69, 9.17) is 9.68 Å². The fourth-order valence-electron chi connectivity index (χ4n) is 1.06. The van der Waals surface area contributed by atoms with Crippen LogP contribution in [-0.4, -0.2) is 10.9 Å². The van der Waals surface area contributed by atoms with Gasteiger partial charge in [-0.1, -0.05) is 0 Å². The second-order valence-corrected chi connectivity index (χ2v) is 2.83. The SMILES string of the molecule is CC(=O)CC(O)(C#N)c1ccco1. The summed E-state index contributed by atoms with van der Waals surface area (Å²) < 4.78 is 4.87. The van der Waals surface area contributed by atoms with Crippen molar-refractivity contribution in [3.8, 4) is 6.07 Å². The van der Waals surface area contributed by atoms with Crippen LogP contribution in [0.3, 0.4) is 0 Å². The molecule has 0 saturated heterocycles. The molecule has 0 spiro atoms. The van der Waals surface area contributed by atoms with Crippen molar-refractivity contribution in [1.82, 2.24) is 0 Å². The van der Waals surface area contributed by atoms with Gasteiger partial charge in [0.1, 0.15) is 11.9 Å². The van der Waals surface area contributed by atoms with Gasteiger partial charge in [0.15, 0.2) is 5.76 Å². The summed E-state index contributed by atoms with van der Waals surface area (Å²) in [6, 6.07) is 4.67. The van der Waals surface area contributed by atoms with E-state index in [1.165, 1.54) is 19.3 Å². The third-order valence-corrected chi connectivity index (χ3v) is 1.62. The molecule has 1 heterocycles. The van der Waals surface area contributed by atoms with Crippen molar-refractivity contribution in [2.45, 2.75) is 18.9 Å². The number of nitrogens with zero attached hydrogens (tertiary/aromatic N) is 1. The van der Waals surface area contributed by atoms with Crippen LogP contribution in [0.15, 0.2) is 22.8 Å². The third-order valence-electron chi connectivity index (χ3n) is 1.62. The summed E-state index contributed by atoms with van der Waals surface area (Å²) in [5.74, 6) is -0.161. The normalized spacial score (nSPS) is 14.5. The Morgan fingerprint density at radius 2 is 2.54 bits per heavy atom. The Morgan fingerprint density at radius 1 is 1.85 bits per heavy atom. The number of hydrogen-bond acceptors (Lipinski definition) is 4. The van der Waals surface area contributed by atoms with Crippen LogP contribution in [0.1, 0.15) is 19.1 Å². The van der Waals surface area contributed by atoms with Crippen LogP contribution in [-0.2, 0) is 10.4 Å². The van der Waals surface area contributed by atoms with E-state index in [9.17, 15) is 9.90 Å². The maximum absolute atomic E-state index is 10.8. The molecule has 0 aromatic carbocycles. The van der Waals surface area contributed by atoms with Gasteiger partial charge in [-0.3, -0.25) is 4.79 Å². The minimum absolute atomic E-state index is 0.102. The van der Waals surface area contributed by atoms with Crippen LogP contribution in [0.4, 0.5) is 0 Å². The van der Waals surface area contributed by atoms with Gasteiger partial charge >= 0.3 is 0 Å². The lowest BCUT2D eigenvalue weighted by atomic mass is 9.96. The van der Waals surface area contributed by atoms with Gasteiger partial charge in [-0.2, -0.15) is 5.26 Å². The largest absolute Gasteiger partial charge is 0.465 e. The summed E-state index contributed by atoms with van der Waals surface area (Å²) >= 11 is 0. The van der Waals surface area contributed by atoms with Gasteiger partial charge in [0.2, 0.25) is 5.60 Å². The first kappa shape index (κ1) is 9.49. The summed E-state index contributed by atoms with van der Waals surface area (Å²) in [5, 5.41) is 18.4. The van der Waals surface area contributed by atoms with Crippen LogP contribution in [0.2, 0.25) is 0 Å². The Kier molecular flexibility index (Phi) is 2.49. The molecule has 1 unspecified atom stereocenters. The summed E-state index contributed by atoms with van der Waals surface area (Å²) in [6.45, 7) is 1.31. The Bertz CT molecular complexity index is 336. The Balaban J connectivity index is 2.96. The van der Waals surface area contributed by atoms with E-state index in [1.54, 1.807) is 12.1 Å². The van der Waals surface area contributed by atoms with Gasteiger partial charge in [0.25, 0.3) is 0 Å². The van der Waals surface area contributed by atoms with Gasteiger partial charge in [-0.05, 0) is 19.1 Å². The Hall–Kier alpha value is -1.60. The lowest BCUT2D eigenvalue weighted by molar-refractivity contribution is -0.120. The molecule has 0 fully saturated rings. The molecule has 0 bridgehead atoms. The third kappa shape index (κ3) is 1.95. The van der Waals surface area contributed by atoms with E-state index in [1.807, 2.05) is 0 Å². The number of aliphatic hydroxyl groups is 1. The zero-order valence-electron chi connectivity index (χ0n) is 7.15. The summed E-state index contributed by atoms with van der Waals surface area (Å²) in [7, 11) is 0. The van der Waals surface area contributed by atoms with E-state index >= 15 is 0 Å². The zero-order chi connectivity index (χ0) is 9.90. The highest BCUT2D eigenvalue weighted by Crippen LogP contribution is 2.24. The van der Waals surface area contributed by atoms with E-state index in [2.05, 4.69) is 0 Å². The fourth-order valence-corrected chi connectivity index (χ4v) is 1.06. The van der Waals surface area contributed by atoms with Gasteiger partial charge in [-0.25, -0.2) is 0 Å². The van der Waals surface area contributed by atoms with Crippen LogP contribution in [0, 0.1) is 11.3 Å². The molecule has 1 N–H and O–H groups in total. The lowest BCUT2D eigenvalue weighted by Crippen LogP contribution is -2.25. The first-order valence-electron chi connectivity index (χ1n) is 3.75. The summed E-state index contributed by atoms with van der Waals surface area (Å²) in [4.78, 5) is 10.8. The zero-order valence-corrected chi connectivity index (χ0v) is 7.15. The van der Waals surface area contributed by atoms with Gasteiger partial charge in [-0.15, -0.1) is 0 Å². The minimum Gasteiger partial charge on any atom is -0.465 e. The van der Waals surface area contributed by atoms with Crippen molar-refractivity contribution in [2.24, 2.45) is 0 Å². The van der Waals surface area contributed by atoms with Crippen molar-refractivity contribution in [3.63, 3.8) is 0 Å². The molecule has 0 amide bonds. The highest BCUT2D eigenvalue weighted by Gasteiger charge is 2.33. The molecular weight excluding hydrogens is 170 g/mol. The average Bonchev–Trinajstić information content (AvgIpc) is 2.55. The molecule has 4 nitrogen and oxygen atoms in total. The molecule has 13 heavy (non-hydrogen) atoms. The number of Topliss-reactive ketones (excluding diaryl/α,β-unsaturated/α-hetero) is 1. The standard InChI is InChI=1S/C9H9NO3/c1-7(11)5-9(12,6-10)8-3-2-4-13-8/h2-4,12H,5H2,1H3. The monoisotopic (exact) mass is 179 g/mol. The molecule has 1 aromatic rings. The maximum Gasteiger partial charge on any atom is 0.216 e. The molecule has 1 rings (SSSR count). The van der Waals surface area contributed by atoms with E-state index in [0.29, 0.717) is 0 Å². The summed E-state index contributed by atoms with van der Waals surface area (Å²) in [5.41, 5.74) is -1.82. The van der Waals surface area contributed by atoms with E-state index < -0.39 is 5.60 Å². The number of nitriles is 1. The number of ketones is 1. The number of rotatable bonds is 3. The second kappa shape index (κ2) is 3.42. The van der Waals surface area contributed by atoms with Gasteiger partial charge in [0.05, 0.1) is 12.7 Å². The predicted molar refractivity (Wildman–Crippen MR) is 43.5 cm³/mol. The number of furan rings is 1. The molecule has 1 atom stereocenters. The molecule has 0 aliphatic carbocycles. The molecular formula is C9H9NO3. The number of carbonyl (C=O) groups is 1. The Labute approximate surface area is 75.4 Å². The minimum atomic E-state index is -1.82. The van der Waals surface area contributed by atoms with Crippen molar-refractivity contribution in [2.75, 3.05) is 0 Å². The summed E-state index contributed by atoms with van der Waals surface area (Å²) in [6.07, 6.45) is 1.09. The molecule has 68 valence electrons. The highest BCUT2D eigenvalue weighted by atomic mass is 16.4. The maximum atomic E-state index is 10.8. The smallest absolute Gasteiger partial charge is 0.216 e. The van der Waals surface area contributed by atoms with Crippen LogP contribution in [0.25, 0.3) is 0 Å². The second-order valence-electron chi connectivity index (χ2n) is 2.83. The fraction of sp³-hybridized carbons (Fsp3) is 0.333. The van der Waals surface area contributed by atoms with E-state index in [0.717, 1.165) is 0 Å². The van der Waals surface area contributed by atoms with Crippen LogP contribution < -0.4 is 0 Å². The quantitative estimate of drug-likeness (QED) is 0.701. The van der Waals surface area contributed by atoms with Gasteiger partial charge in [0, 0.05) is 0 Å². The average molecular weight is 179 g/mol. The topological polar surface area (TPSA) is 74.2 Å². The molecule has 0 saturated carbocycles. The molecule has 0 radical (unpaired) electrons. The highest BCUT2D eigenvalue weighted by molar-refractivity contribution is 5.77. The predicted octanol–water partition coefficient (Wildman–Crippen LogP) is 0.970. The Morgan fingerprint density at radius 3 is 2.92 bits per heavy atom.